The number of rotatable bonds is 5. The van der Waals surface area contributed by atoms with Crippen molar-refractivity contribution in [2.24, 2.45) is 5.92 Å². The maximum atomic E-state index is 12.4. The Morgan fingerprint density at radius 2 is 1.77 bits per heavy atom. The van der Waals surface area contributed by atoms with Crippen molar-refractivity contribution in [1.82, 2.24) is 10.6 Å². The summed E-state index contributed by atoms with van der Waals surface area (Å²) in [5, 5.41) is 6.06. The van der Waals surface area contributed by atoms with Gasteiger partial charge in [0.2, 0.25) is 5.91 Å². The first-order chi connectivity index (χ1) is 12.6. The van der Waals surface area contributed by atoms with Crippen molar-refractivity contribution in [3.63, 3.8) is 0 Å². The molecule has 0 unspecified atom stereocenters. The van der Waals surface area contributed by atoms with Gasteiger partial charge in [-0.25, -0.2) is 0 Å². The summed E-state index contributed by atoms with van der Waals surface area (Å²) in [6.07, 6.45) is 1.33. The summed E-state index contributed by atoms with van der Waals surface area (Å²) in [7, 11) is 0. The fourth-order valence-corrected chi connectivity index (χ4v) is 3.18. The Kier molecular flexibility index (Phi) is 6.12. The van der Waals surface area contributed by atoms with Crippen LogP contribution in [0, 0.1) is 5.92 Å². The average molecular weight is 373 g/mol. The van der Waals surface area contributed by atoms with E-state index >= 15 is 0 Å². The molecule has 0 saturated heterocycles. The molecule has 0 aromatic heterocycles. The van der Waals surface area contributed by atoms with Gasteiger partial charge in [-0.3, -0.25) is 9.59 Å². The molecule has 0 radical (unpaired) electrons. The zero-order valence-electron chi connectivity index (χ0n) is 14.3. The maximum absolute atomic E-state index is 12.4. The summed E-state index contributed by atoms with van der Waals surface area (Å²) >= 11 is 6.00. The zero-order valence-corrected chi connectivity index (χ0v) is 15.1. The normalized spacial score (nSPS) is 16.0. The van der Waals surface area contributed by atoms with Crippen molar-refractivity contribution in [2.75, 3.05) is 19.7 Å². The molecule has 0 aliphatic carbocycles. The lowest BCUT2D eigenvalue weighted by Gasteiger charge is -2.14. The molecule has 1 aliphatic heterocycles. The van der Waals surface area contributed by atoms with Crippen LogP contribution in [-0.2, 0) is 11.2 Å². The lowest BCUT2D eigenvalue weighted by Crippen LogP contribution is -2.38. The molecule has 1 aliphatic rings. The van der Waals surface area contributed by atoms with E-state index < -0.39 is 0 Å². The smallest absolute Gasteiger partial charge is 0.252 e. The number of benzene rings is 2. The number of para-hydroxylation sites is 1. The predicted octanol–water partition coefficient (Wildman–Crippen LogP) is 2.83. The molecule has 2 aromatic rings. The van der Waals surface area contributed by atoms with Crippen molar-refractivity contribution in [2.45, 2.75) is 12.8 Å². The van der Waals surface area contributed by atoms with Crippen LogP contribution in [0.2, 0.25) is 5.02 Å². The first kappa shape index (κ1) is 18.3. The van der Waals surface area contributed by atoms with Gasteiger partial charge < -0.3 is 15.4 Å². The van der Waals surface area contributed by atoms with Gasteiger partial charge in [0.25, 0.3) is 5.91 Å². The first-order valence-corrected chi connectivity index (χ1v) is 9.04. The molecule has 2 amide bonds. The van der Waals surface area contributed by atoms with Gasteiger partial charge in [-0.2, -0.15) is 0 Å². The largest absolute Gasteiger partial charge is 0.493 e. The Morgan fingerprint density at radius 3 is 2.62 bits per heavy atom. The number of amides is 2. The third kappa shape index (κ3) is 4.55. The lowest BCUT2D eigenvalue weighted by atomic mass is 9.96. The zero-order chi connectivity index (χ0) is 18.4. The van der Waals surface area contributed by atoms with Crippen LogP contribution in [0.5, 0.6) is 5.75 Å². The molecule has 2 N–H and O–H groups in total. The van der Waals surface area contributed by atoms with E-state index in [9.17, 15) is 9.59 Å². The molecule has 5 nitrogen and oxygen atoms in total. The van der Waals surface area contributed by atoms with E-state index in [2.05, 4.69) is 10.6 Å². The van der Waals surface area contributed by atoms with Gasteiger partial charge in [0, 0.05) is 19.0 Å². The quantitative estimate of drug-likeness (QED) is 0.793. The van der Waals surface area contributed by atoms with Crippen LogP contribution in [0.1, 0.15) is 22.3 Å². The van der Waals surface area contributed by atoms with Crippen LogP contribution in [0.4, 0.5) is 0 Å². The van der Waals surface area contributed by atoms with E-state index in [1.807, 2.05) is 24.3 Å². The second-order valence-corrected chi connectivity index (χ2v) is 6.58. The Hall–Kier alpha value is -2.53. The number of ether oxygens (including phenoxy) is 1. The third-order valence-electron chi connectivity index (χ3n) is 4.36. The number of hydrogen-bond acceptors (Lipinski definition) is 3. The number of halogens is 1. The summed E-state index contributed by atoms with van der Waals surface area (Å²) in [4.78, 5) is 24.5. The monoisotopic (exact) mass is 372 g/mol. The molecule has 136 valence electrons. The Bertz CT molecular complexity index is 794. The minimum Gasteiger partial charge on any atom is -0.493 e. The SMILES string of the molecule is O=C(NCCNC(=O)[C@H]1CCOc2ccccc2C1)c1ccccc1Cl. The number of carbonyl (C=O) groups excluding carboxylic acids is 2. The van der Waals surface area contributed by atoms with Gasteiger partial charge in [-0.1, -0.05) is 41.9 Å². The van der Waals surface area contributed by atoms with E-state index in [0.29, 0.717) is 43.1 Å². The number of fused-ring (bicyclic) bond motifs is 1. The van der Waals surface area contributed by atoms with Crippen molar-refractivity contribution >= 4 is 23.4 Å². The molecule has 0 saturated carbocycles. The van der Waals surface area contributed by atoms with Crippen molar-refractivity contribution in [3.8, 4) is 5.75 Å². The molecule has 26 heavy (non-hydrogen) atoms. The first-order valence-electron chi connectivity index (χ1n) is 8.66. The second-order valence-electron chi connectivity index (χ2n) is 6.17. The lowest BCUT2D eigenvalue weighted by molar-refractivity contribution is -0.125. The number of carbonyl (C=O) groups is 2. The summed E-state index contributed by atoms with van der Waals surface area (Å²) in [6, 6.07) is 14.7. The molecule has 1 atom stereocenters. The van der Waals surface area contributed by atoms with Crippen LogP contribution in [0.3, 0.4) is 0 Å². The molecule has 0 bridgehead atoms. The topological polar surface area (TPSA) is 67.4 Å². The maximum Gasteiger partial charge on any atom is 0.252 e. The van der Waals surface area contributed by atoms with Crippen LogP contribution in [0.25, 0.3) is 0 Å². The molecular formula is C20H21ClN2O3. The highest BCUT2D eigenvalue weighted by Crippen LogP contribution is 2.26. The van der Waals surface area contributed by atoms with Gasteiger partial charge >= 0.3 is 0 Å². The third-order valence-corrected chi connectivity index (χ3v) is 4.69. The van der Waals surface area contributed by atoms with Crippen LogP contribution in [-0.4, -0.2) is 31.5 Å². The standard InChI is InChI=1S/C20H21ClN2O3/c21-17-7-3-2-6-16(17)20(25)23-11-10-22-19(24)15-9-12-26-18-8-4-1-5-14(18)13-15/h1-8,15H,9-13H2,(H,22,24)(H,23,25)/t15-/m0/s1. The predicted molar refractivity (Wildman–Crippen MR) is 101 cm³/mol. The van der Waals surface area contributed by atoms with Crippen LogP contribution in [0.15, 0.2) is 48.5 Å². The fraction of sp³-hybridized carbons (Fsp3) is 0.300. The summed E-state index contributed by atoms with van der Waals surface area (Å²) in [6.45, 7) is 1.24. The summed E-state index contributed by atoms with van der Waals surface area (Å²) < 4.78 is 5.70. The molecule has 0 fully saturated rings. The van der Waals surface area contributed by atoms with Gasteiger partial charge in [-0.15, -0.1) is 0 Å². The number of nitrogens with one attached hydrogen (secondary N) is 2. The molecule has 3 rings (SSSR count). The Morgan fingerprint density at radius 1 is 1.04 bits per heavy atom. The highest BCUT2D eigenvalue weighted by molar-refractivity contribution is 6.33. The van der Waals surface area contributed by atoms with Gasteiger partial charge in [0.15, 0.2) is 0 Å². The number of hydrogen-bond donors (Lipinski definition) is 2. The second kappa shape index (κ2) is 8.72. The molecular weight excluding hydrogens is 352 g/mol. The minimum absolute atomic E-state index is 0.0164. The van der Waals surface area contributed by atoms with Crippen LogP contribution >= 0.6 is 11.6 Å². The minimum atomic E-state index is -0.248. The molecule has 0 spiro atoms. The van der Waals surface area contributed by atoms with Crippen molar-refractivity contribution in [3.05, 3.63) is 64.7 Å². The van der Waals surface area contributed by atoms with Gasteiger partial charge in [-0.05, 0) is 36.6 Å². The van der Waals surface area contributed by atoms with Crippen molar-refractivity contribution in [1.29, 1.82) is 0 Å². The molecule has 6 heteroatoms. The van der Waals surface area contributed by atoms with E-state index in [0.717, 1.165) is 11.3 Å². The van der Waals surface area contributed by atoms with E-state index in [1.54, 1.807) is 24.3 Å². The van der Waals surface area contributed by atoms with Crippen molar-refractivity contribution < 1.29 is 14.3 Å². The van der Waals surface area contributed by atoms with E-state index in [-0.39, 0.29) is 17.7 Å². The summed E-state index contributed by atoms with van der Waals surface area (Å²) in [5.41, 5.74) is 1.48. The van der Waals surface area contributed by atoms with E-state index in [4.69, 9.17) is 16.3 Å². The van der Waals surface area contributed by atoms with Crippen LogP contribution < -0.4 is 15.4 Å². The Balaban J connectivity index is 1.46. The summed E-state index contributed by atoms with van der Waals surface area (Å²) in [5.74, 6) is 0.465. The molecule has 1 heterocycles. The van der Waals surface area contributed by atoms with Gasteiger partial charge in [0.05, 0.1) is 17.2 Å². The Labute approximate surface area is 157 Å². The van der Waals surface area contributed by atoms with Gasteiger partial charge in [0.1, 0.15) is 5.75 Å². The highest BCUT2D eigenvalue weighted by atomic mass is 35.5. The van der Waals surface area contributed by atoms with E-state index in [1.165, 1.54) is 0 Å². The molecule has 2 aromatic carbocycles. The average Bonchev–Trinajstić information content (AvgIpc) is 2.87. The fourth-order valence-electron chi connectivity index (χ4n) is 2.96. The highest BCUT2D eigenvalue weighted by Gasteiger charge is 2.23.